The van der Waals surface area contributed by atoms with E-state index in [1.54, 1.807) is 0 Å². The third kappa shape index (κ3) is 4.28. The zero-order valence-corrected chi connectivity index (χ0v) is 16.5. The van der Waals surface area contributed by atoms with Crippen molar-refractivity contribution in [1.82, 2.24) is 20.3 Å². The van der Waals surface area contributed by atoms with Crippen LogP contribution in [0.1, 0.15) is 49.0 Å². The minimum absolute atomic E-state index is 0.210. The van der Waals surface area contributed by atoms with E-state index in [2.05, 4.69) is 46.2 Å². The number of ether oxygens (including phenoxy) is 1. The molecule has 0 spiro atoms. The molecule has 1 N–H and O–H groups in total. The molecule has 0 aromatic carbocycles. The molecule has 1 fully saturated rings. The Morgan fingerprint density at radius 1 is 1.22 bits per heavy atom. The number of nitrogens with zero attached hydrogens (tertiary/aromatic N) is 4. The van der Waals surface area contributed by atoms with Crippen LogP contribution in [-0.4, -0.2) is 41.3 Å². The Hall–Kier alpha value is -2.05. The number of aryl methyl sites for hydroxylation is 1. The van der Waals surface area contributed by atoms with Crippen LogP contribution >= 0.6 is 0 Å². The molecule has 6 nitrogen and oxygen atoms in total. The van der Waals surface area contributed by atoms with Gasteiger partial charge in [-0.3, -0.25) is 4.98 Å². The lowest BCUT2D eigenvalue weighted by molar-refractivity contribution is 0.122. The molecule has 0 amide bonds. The van der Waals surface area contributed by atoms with E-state index in [0.29, 0.717) is 0 Å². The van der Waals surface area contributed by atoms with Gasteiger partial charge in [-0.1, -0.05) is 19.9 Å². The lowest BCUT2D eigenvalue weighted by atomic mass is 9.74. The fourth-order valence-electron chi connectivity index (χ4n) is 4.06. The molecule has 0 saturated carbocycles. The van der Waals surface area contributed by atoms with E-state index in [1.165, 1.54) is 11.3 Å². The normalized spacial score (nSPS) is 21.7. The van der Waals surface area contributed by atoms with Crippen molar-refractivity contribution < 1.29 is 4.74 Å². The predicted octanol–water partition coefficient (Wildman–Crippen LogP) is 2.82. The van der Waals surface area contributed by atoms with Gasteiger partial charge in [-0.2, -0.15) is 0 Å². The predicted molar refractivity (Wildman–Crippen MR) is 106 cm³/mol. The van der Waals surface area contributed by atoms with E-state index in [1.807, 2.05) is 19.2 Å². The zero-order chi connectivity index (χ0) is 18.9. The molecule has 27 heavy (non-hydrogen) atoms. The SMILES string of the molecule is Cc1cccc(CNC2CC(C)(C)Cc3nc(N4CCOCC4)ncc32)n1. The highest BCUT2D eigenvalue weighted by Gasteiger charge is 2.34. The molecule has 4 rings (SSSR count). The fraction of sp³-hybridized carbons (Fsp3) is 0.571. The van der Waals surface area contributed by atoms with Gasteiger partial charge in [-0.25, -0.2) is 9.97 Å². The van der Waals surface area contributed by atoms with Crippen molar-refractivity contribution in [2.24, 2.45) is 5.41 Å². The number of pyridine rings is 1. The Balaban J connectivity index is 1.55. The van der Waals surface area contributed by atoms with E-state index in [9.17, 15) is 0 Å². The molecular weight excluding hydrogens is 338 g/mol. The summed E-state index contributed by atoms with van der Waals surface area (Å²) in [6.45, 7) is 10.7. The summed E-state index contributed by atoms with van der Waals surface area (Å²) in [7, 11) is 0. The van der Waals surface area contributed by atoms with Gasteiger partial charge in [-0.15, -0.1) is 0 Å². The molecule has 1 saturated heterocycles. The quantitative estimate of drug-likeness (QED) is 0.897. The van der Waals surface area contributed by atoms with E-state index < -0.39 is 0 Å². The van der Waals surface area contributed by atoms with E-state index in [0.717, 1.165) is 63.0 Å². The summed E-state index contributed by atoms with van der Waals surface area (Å²) in [5.74, 6) is 0.842. The number of nitrogens with one attached hydrogen (secondary N) is 1. The highest BCUT2D eigenvalue weighted by atomic mass is 16.5. The Labute approximate surface area is 161 Å². The van der Waals surface area contributed by atoms with Crippen LogP contribution < -0.4 is 10.2 Å². The van der Waals surface area contributed by atoms with Gasteiger partial charge in [0.1, 0.15) is 0 Å². The van der Waals surface area contributed by atoms with Crippen molar-refractivity contribution >= 4 is 5.95 Å². The number of fused-ring (bicyclic) bond motifs is 1. The lowest BCUT2D eigenvalue weighted by Crippen LogP contribution is -2.39. The second-order valence-corrected chi connectivity index (χ2v) is 8.42. The summed E-state index contributed by atoms with van der Waals surface area (Å²) < 4.78 is 5.45. The third-order valence-electron chi connectivity index (χ3n) is 5.43. The molecule has 1 atom stereocenters. The van der Waals surface area contributed by atoms with Crippen LogP contribution in [-0.2, 0) is 17.7 Å². The summed E-state index contributed by atoms with van der Waals surface area (Å²) in [5.41, 5.74) is 4.75. The number of anilines is 1. The molecule has 0 bridgehead atoms. The highest BCUT2D eigenvalue weighted by molar-refractivity contribution is 5.36. The Bertz CT molecular complexity index is 801. The van der Waals surface area contributed by atoms with Crippen LogP contribution in [0.2, 0.25) is 0 Å². The second-order valence-electron chi connectivity index (χ2n) is 8.42. The Morgan fingerprint density at radius 2 is 2.04 bits per heavy atom. The van der Waals surface area contributed by atoms with Gasteiger partial charge in [0.05, 0.1) is 24.6 Å². The summed E-state index contributed by atoms with van der Waals surface area (Å²) in [6.07, 6.45) is 4.10. The smallest absolute Gasteiger partial charge is 0.225 e. The van der Waals surface area contributed by atoms with Crippen LogP contribution in [0.3, 0.4) is 0 Å². The molecular formula is C21H29N5O. The first kappa shape index (κ1) is 18.3. The number of hydrogen-bond acceptors (Lipinski definition) is 6. The third-order valence-corrected chi connectivity index (χ3v) is 5.43. The number of hydrogen-bond donors (Lipinski definition) is 1. The average Bonchev–Trinajstić information content (AvgIpc) is 2.65. The van der Waals surface area contributed by atoms with E-state index in [4.69, 9.17) is 9.72 Å². The van der Waals surface area contributed by atoms with Gasteiger partial charge in [0.15, 0.2) is 0 Å². The molecule has 0 radical (unpaired) electrons. The van der Waals surface area contributed by atoms with Gasteiger partial charge >= 0.3 is 0 Å². The summed E-state index contributed by atoms with van der Waals surface area (Å²) in [6, 6.07) is 6.43. The Morgan fingerprint density at radius 3 is 2.81 bits per heavy atom. The van der Waals surface area contributed by atoms with Gasteiger partial charge in [-0.05, 0) is 37.3 Å². The first-order valence-electron chi connectivity index (χ1n) is 9.85. The molecule has 1 aliphatic heterocycles. The van der Waals surface area contributed by atoms with Crippen molar-refractivity contribution in [2.75, 3.05) is 31.2 Å². The van der Waals surface area contributed by atoms with E-state index in [-0.39, 0.29) is 11.5 Å². The van der Waals surface area contributed by atoms with Crippen LogP contribution in [0, 0.1) is 12.3 Å². The highest BCUT2D eigenvalue weighted by Crippen LogP contribution is 2.40. The monoisotopic (exact) mass is 367 g/mol. The van der Waals surface area contributed by atoms with Gasteiger partial charge in [0.2, 0.25) is 5.95 Å². The summed E-state index contributed by atoms with van der Waals surface area (Å²) in [4.78, 5) is 16.5. The standard InChI is InChI=1S/C21H29N5O/c1-15-5-4-6-16(24-15)13-22-18-11-21(2,3)12-19-17(18)14-23-20(25-19)26-7-9-27-10-8-26/h4-6,14,18,22H,7-13H2,1-3H3. The maximum atomic E-state index is 5.45. The topological polar surface area (TPSA) is 63.2 Å². The average molecular weight is 367 g/mol. The molecule has 1 unspecified atom stereocenters. The second kappa shape index (κ2) is 7.52. The van der Waals surface area contributed by atoms with Crippen LogP contribution in [0.25, 0.3) is 0 Å². The summed E-state index contributed by atoms with van der Waals surface area (Å²) in [5, 5.41) is 3.70. The number of rotatable bonds is 4. The van der Waals surface area contributed by atoms with Crippen molar-refractivity contribution in [3.05, 3.63) is 47.0 Å². The number of aromatic nitrogens is 3. The van der Waals surface area contributed by atoms with Gasteiger partial charge in [0, 0.05) is 43.1 Å². The van der Waals surface area contributed by atoms with Crippen molar-refractivity contribution in [3.63, 3.8) is 0 Å². The zero-order valence-electron chi connectivity index (χ0n) is 16.5. The molecule has 3 heterocycles. The maximum absolute atomic E-state index is 5.45. The van der Waals surface area contributed by atoms with Crippen LogP contribution in [0.4, 0.5) is 5.95 Å². The number of morpholine rings is 1. The largest absolute Gasteiger partial charge is 0.378 e. The fourth-order valence-corrected chi connectivity index (χ4v) is 4.06. The summed E-state index contributed by atoms with van der Waals surface area (Å²) >= 11 is 0. The van der Waals surface area contributed by atoms with Gasteiger partial charge in [0.25, 0.3) is 0 Å². The van der Waals surface area contributed by atoms with Crippen LogP contribution in [0.5, 0.6) is 0 Å². The lowest BCUT2D eigenvalue weighted by Gasteiger charge is -2.37. The molecule has 2 aromatic rings. The Kier molecular flexibility index (Phi) is 5.10. The maximum Gasteiger partial charge on any atom is 0.225 e. The first-order chi connectivity index (χ1) is 13.0. The molecule has 1 aliphatic carbocycles. The molecule has 2 aromatic heterocycles. The molecule has 6 heteroatoms. The van der Waals surface area contributed by atoms with E-state index >= 15 is 0 Å². The molecule has 2 aliphatic rings. The van der Waals surface area contributed by atoms with Gasteiger partial charge < -0.3 is 15.0 Å². The van der Waals surface area contributed by atoms with Crippen molar-refractivity contribution in [3.8, 4) is 0 Å². The van der Waals surface area contributed by atoms with Crippen molar-refractivity contribution in [1.29, 1.82) is 0 Å². The minimum atomic E-state index is 0.210. The minimum Gasteiger partial charge on any atom is -0.378 e. The van der Waals surface area contributed by atoms with Crippen LogP contribution in [0.15, 0.2) is 24.4 Å². The first-order valence-corrected chi connectivity index (χ1v) is 9.85. The van der Waals surface area contributed by atoms with Crippen molar-refractivity contribution in [2.45, 2.75) is 46.2 Å². The molecule has 144 valence electrons.